The van der Waals surface area contributed by atoms with Crippen molar-refractivity contribution in [2.75, 3.05) is 4.31 Å². The van der Waals surface area contributed by atoms with E-state index in [1.807, 2.05) is 0 Å². The second-order valence-corrected chi connectivity index (χ2v) is 8.64. The van der Waals surface area contributed by atoms with Crippen LogP contribution in [0, 0.1) is 6.92 Å². The van der Waals surface area contributed by atoms with Gasteiger partial charge in [0.1, 0.15) is 5.82 Å². The number of sulfonamides is 1. The lowest BCUT2D eigenvalue weighted by Crippen LogP contribution is -2.31. The molecule has 2 aromatic heterocycles. The number of aryl methyl sites for hydroxylation is 1. The number of nitrogens with one attached hydrogen (secondary N) is 1. The van der Waals surface area contributed by atoms with Crippen LogP contribution in [0.2, 0.25) is 5.02 Å². The van der Waals surface area contributed by atoms with Crippen molar-refractivity contribution in [2.24, 2.45) is 0 Å². The monoisotopic (exact) mass is 429 g/mol. The highest BCUT2D eigenvalue weighted by Crippen LogP contribution is 2.26. The van der Waals surface area contributed by atoms with Gasteiger partial charge in [-0.2, -0.15) is 9.50 Å². The van der Waals surface area contributed by atoms with Gasteiger partial charge in [0.15, 0.2) is 0 Å². The normalized spacial score (nSPS) is 11.7. The van der Waals surface area contributed by atoms with Crippen LogP contribution in [0.25, 0.3) is 5.78 Å². The van der Waals surface area contributed by atoms with Crippen LogP contribution in [-0.2, 0) is 16.6 Å². The maximum absolute atomic E-state index is 13.3. The molecule has 0 amide bonds. The van der Waals surface area contributed by atoms with E-state index in [0.29, 0.717) is 16.4 Å². The molecule has 2 aromatic carbocycles. The van der Waals surface area contributed by atoms with E-state index in [2.05, 4.69) is 15.1 Å². The van der Waals surface area contributed by atoms with Gasteiger partial charge in [-0.25, -0.2) is 13.4 Å². The number of anilines is 1. The summed E-state index contributed by atoms with van der Waals surface area (Å²) in [4.78, 5) is 20.8. The molecule has 0 aliphatic rings. The van der Waals surface area contributed by atoms with Crippen molar-refractivity contribution in [1.29, 1.82) is 0 Å². The fraction of sp³-hybridized carbons (Fsp3) is 0.105. The number of aromatic amines is 1. The first-order valence-electron chi connectivity index (χ1n) is 8.63. The molecule has 0 radical (unpaired) electrons. The van der Waals surface area contributed by atoms with Gasteiger partial charge >= 0.3 is 0 Å². The quantitative estimate of drug-likeness (QED) is 0.525. The fourth-order valence-corrected chi connectivity index (χ4v) is 4.46. The minimum Gasteiger partial charge on any atom is -0.273 e. The van der Waals surface area contributed by atoms with Gasteiger partial charge in [0.25, 0.3) is 21.4 Å². The molecule has 4 rings (SSSR count). The molecule has 0 unspecified atom stereocenters. The van der Waals surface area contributed by atoms with Crippen LogP contribution in [0.15, 0.2) is 70.4 Å². The molecule has 0 bridgehead atoms. The molecule has 0 aliphatic heterocycles. The Bertz CT molecular complexity index is 1330. The highest BCUT2D eigenvalue weighted by Gasteiger charge is 2.26. The molecule has 2 heterocycles. The van der Waals surface area contributed by atoms with Gasteiger partial charge in [0.05, 0.1) is 17.1 Å². The smallest absolute Gasteiger partial charge is 0.273 e. The lowest BCUT2D eigenvalue weighted by Gasteiger charge is -2.23. The average molecular weight is 430 g/mol. The number of nitrogens with zero attached hydrogens (tertiary/aromatic N) is 4. The van der Waals surface area contributed by atoms with E-state index in [4.69, 9.17) is 11.6 Å². The van der Waals surface area contributed by atoms with Crippen LogP contribution < -0.4 is 9.86 Å². The third kappa shape index (κ3) is 3.74. The fourth-order valence-electron chi connectivity index (χ4n) is 2.89. The Morgan fingerprint density at radius 3 is 2.45 bits per heavy atom. The number of hydrogen-bond donors (Lipinski definition) is 1. The molecule has 4 aromatic rings. The Balaban J connectivity index is 1.82. The second kappa shape index (κ2) is 7.34. The topological polar surface area (TPSA) is 100 Å². The van der Waals surface area contributed by atoms with E-state index in [1.165, 1.54) is 27.0 Å². The number of rotatable bonds is 5. The van der Waals surface area contributed by atoms with E-state index in [0.717, 1.165) is 0 Å². The maximum atomic E-state index is 13.3. The van der Waals surface area contributed by atoms with Crippen molar-refractivity contribution in [1.82, 2.24) is 19.6 Å². The number of aromatic nitrogens is 4. The molecule has 0 atom stereocenters. The Labute approximate surface area is 171 Å². The van der Waals surface area contributed by atoms with Gasteiger partial charge in [0.2, 0.25) is 0 Å². The van der Waals surface area contributed by atoms with Crippen LogP contribution in [0.3, 0.4) is 0 Å². The van der Waals surface area contributed by atoms with Crippen LogP contribution in [0.5, 0.6) is 0 Å². The summed E-state index contributed by atoms with van der Waals surface area (Å²) >= 11 is 5.96. The zero-order chi connectivity index (χ0) is 20.6. The summed E-state index contributed by atoms with van der Waals surface area (Å²) in [5.41, 5.74) is 0.616. The maximum Gasteiger partial charge on any atom is 0.274 e. The first-order chi connectivity index (χ1) is 13.8. The predicted octanol–water partition coefficient (Wildman–Crippen LogP) is 2.77. The number of H-pyrrole nitrogens is 1. The summed E-state index contributed by atoms with van der Waals surface area (Å²) in [5, 5.41) is 3.31. The van der Waals surface area contributed by atoms with Crippen molar-refractivity contribution in [3.05, 3.63) is 87.6 Å². The number of halogens is 1. The van der Waals surface area contributed by atoms with Crippen molar-refractivity contribution in [3.8, 4) is 0 Å². The molecule has 148 valence electrons. The van der Waals surface area contributed by atoms with Crippen LogP contribution in [0.1, 0.15) is 11.5 Å². The molecule has 0 aliphatic carbocycles. The third-order valence-electron chi connectivity index (χ3n) is 4.24. The van der Waals surface area contributed by atoms with E-state index in [9.17, 15) is 13.2 Å². The molecular formula is C19H16ClN5O3S. The molecule has 0 spiro atoms. The Morgan fingerprint density at radius 2 is 1.76 bits per heavy atom. The van der Waals surface area contributed by atoms with Crippen molar-refractivity contribution < 1.29 is 8.42 Å². The van der Waals surface area contributed by atoms with Gasteiger partial charge in [-0.05, 0) is 43.3 Å². The summed E-state index contributed by atoms with van der Waals surface area (Å²) in [6.07, 6.45) is 0. The van der Waals surface area contributed by atoms with Gasteiger partial charge in [0, 0.05) is 16.8 Å². The zero-order valence-electron chi connectivity index (χ0n) is 15.3. The molecule has 10 heteroatoms. The first kappa shape index (κ1) is 19.2. The molecule has 0 saturated carbocycles. The van der Waals surface area contributed by atoms with Crippen LogP contribution in [-0.4, -0.2) is 28.0 Å². The van der Waals surface area contributed by atoms with Crippen LogP contribution >= 0.6 is 11.6 Å². The molecule has 29 heavy (non-hydrogen) atoms. The summed E-state index contributed by atoms with van der Waals surface area (Å²) in [7, 11) is -3.90. The Kier molecular flexibility index (Phi) is 4.85. The van der Waals surface area contributed by atoms with Gasteiger partial charge in [-0.3, -0.25) is 14.2 Å². The van der Waals surface area contributed by atoms with Crippen molar-refractivity contribution >= 4 is 33.1 Å². The lowest BCUT2D eigenvalue weighted by atomic mass is 10.3. The Hall–Kier alpha value is -3.17. The predicted molar refractivity (Wildman–Crippen MR) is 110 cm³/mol. The van der Waals surface area contributed by atoms with Gasteiger partial charge in [-0.1, -0.05) is 29.8 Å². The van der Waals surface area contributed by atoms with Gasteiger partial charge < -0.3 is 0 Å². The first-order valence-corrected chi connectivity index (χ1v) is 10.4. The second-order valence-electron chi connectivity index (χ2n) is 6.34. The van der Waals surface area contributed by atoms with Crippen molar-refractivity contribution in [3.63, 3.8) is 0 Å². The standard InChI is InChI=1S/C19H16ClN5O3S/c1-13-11-18(26)25-19(21-13)22-17(23-25)12-24(15-9-7-14(20)8-10-15)29(27,28)16-5-3-2-4-6-16/h2-11H,12H2,1H3,(H,21,22,23). The van der Waals surface area contributed by atoms with E-state index in [1.54, 1.807) is 49.4 Å². The summed E-state index contributed by atoms with van der Waals surface area (Å²) in [5.74, 6) is 0.452. The number of hydrogen-bond acceptors (Lipinski definition) is 5. The summed E-state index contributed by atoms with van der Waals surface area (Å²) in [6.45, 7) is 1.57. The lowest BCUT2D eigenvalue weighted by molar-refractivity contribution is 0.589. The highest BCUT2D eigenvalue weighted by atomic mass is 35.5. The number of benzene rings is 2. The Morgan fingerprint density at radius 1 is 1.07 bits per heavy atom. The van der Waals surface area contributed by atoms with E-state index < -0.39 is 10.0 Å². The summed E-state index contributed by atoms with van der Waals surface area (Å²) < 4.78 is 29.0. The highest BCUT2D eigenvalue weighted by molar-refractivity contribution is 7.92. The average Bonchev–Trinajstić information content (AvgIpc) is 3.10. The third-order valence-corrected chi connectivity index (χ3v) is 6.28. The largest absolute Gasteiger partial charge is 0.274 e. The van der Waals surface area contributed by atoms with Crippen LogP contribution in [0.4, 0.5) is 5.69 Å². The van der Waals surface area contributed by atoms with Gasteiger partial charge in [-0.15, -0.1) is 0 Å². The SMILES string of the molecule is Cc1cc(=O)n2[nH]c(CN(c3ccc(Cl)cc3)S(=O)(=O)c3ccccc3)nc2n1. The minimum atomic E-state index is -3.90. The molecule has 0 saturated heterocycles. The minimum absolute atomic E-state index is 0.124. The van der Waals surface area contributed by atoms with Crippen molar-refractivity contribution in [2.45, 2.75) is 18.4 Å². The molecule has 8 nitrogen and oxygen atoms in total. The molecule has 0 fully saturated rings. The molecular weight excluding hydrogens is 414 g/mol. The molecule has 1 N–H and O–H groups in total. The zero-order valence-corrected chi connectivity index (χ0v) is 16.9. The van der Waals surface area contributed by atoms with E-state index in [-0.39, 0.29) is 28.6 Å². The number of fused-ring (bicyclic) bond motifs is 1. The summed E-state index contributed by atoms with van der Waals surface area (Å²) in [6, 6.07) is 15.9. The van der Waals surface area contributed by atoms with E-state index >= 15 is 0 Å².